The van der Waals surface area contributed by atoms with Crippen LogP contribution in [0.5, 0.6) is 0 Å². The maximum Gasteiger partial charge on any atom is 0.250 e. The molecule has 2 aliphatic rings. The number of carbonyl (C=O) groups is 1. The molecule has 1 amide bonds. The number of sulfone groups is 1. The van der Waals surface area contributed by atoms with Gasteiger partial charge in [0.15, 0.2) is 9.84 Å². The van der Waals surface area contributed by atoms with Crippen molar-refractivity contribution in [1.82, 2.24) is 9.88 Å². The van der Waals surface area contributed by atoms with Crippen molar-refractivity contribution in [3.05, 3.63) is 46.5 Å². The SMILES string of the molecule is CC1(C)CC(c2c[nH]c3c(C(N)=O)cc(-c4ccc(CN5CCCC5)s4)cc23)CCS1(=O)=O. The smallest absolute Gasteiger partial charge is 0.250 e. The molecule has 3 N–H and O–H groups in total. The van der Waals surface area contributed by atoms with Gasteiger partial charge in [0.05, 0.1) is 21.6 Å². The summed E-state index contributed by atoms with van der Waals surface area (Å²) in [5.74, 6) is -0.164. The van der Waals surface area contributed by atoms with Crippen LogP contribution in [-0.4, -0.2) is 47.8 Å². The third-order valence-electron chi connectivity index (χ3n) is 7.37. The van der Waals surface area contributed by atoms with Gasteiger partial charge in [-0.2, -0.15) is 0 Å². The highest BCUT2D eigenvalue weighted by Gasteiger charge is 2.41. The van der Waals surface area contributed by atoms with Crippen LogP contribution in [0.4, 0.5) is 0 Å². The van der Waals surface area contributed by atoms with Crippen molar-refractivity contribution in [3.63, 3.8) is 0 Å². The van der Waals surface area contributed by atoms with Crippen LogP contribution in [0.25, 0.3) is 21.3 Å². The Labute approximate surface area is 199 Å². The first kappa shape index (κ1) is 22.6. The molecule has 6 nitrogen and oxygen atoms in total. The molecule has 8 heteroatoms. The molecule has 0 radical (unpaired) electrons. The number of hydrogen-bond donors (Lipinski definition) is 2. The predicted molar refractivity (Wildman–Crippen MR) is 134 cm³/mol. The Morgan fingerprint density at radius 2 is 2.00 bits per heavy atom. The number of aromatic nitrogens is 1. The van der Waals surface area contributed by atoms with E-state index < -0.39 is 20.5 Å². The number of rotatable bonds is 5. The van der Waals surface area contributed by atoms with Crippen LogP contribution in [0.3, 0.4) is 0 Å². The molecule has 0 aliphatic carbocycles. The van der Waals surface area contributed by atoms with E-state index in [0.29, 0.717) is 18.4 Å². The zero-order valence-corrected chi connectivity index (χ0v) is 20.8. The number of H-pyrrole nitrogens is 1. The molecule has 5 rings (SSSR count). The molecule has 3 aromatic rings. The number of likely N-dealkylation sites (tertiary alicyclic amines) is 1. The van der Waals surface area contributed by atoms with Crippen molar-refractivity contribution in [3.8, 4) is 10.4 Å². The number of thiophene rings is 1. The Hall–Kier alpha value is -2.16. The summed E-state index contributed by atoms with van der Waals surface area (Å²) in [5.41, 5.74) is 9.04. The van der Waals surface area contributed by atoms with Crippen molar-refractivity contribution >= 4 is 38.0 Å². The van der Waals surface area contributed by atoms with Gasteiger partial charge in [0.25, 0.3) is 5.91 Å². The Bertz CT molecular complexity index is 1310. The number of aromatic amines is 1. The van der Waals surface area contributed by atoms with E-state index in [4.69, 9.17) is 5.73 Å². The quantitative estimate of drug-likeness (QED) is 0.549. The zero-order valence-electron chi connectivity index (χ0n) is 19.2. The minimum Gasteiger partial charge on any atom is -0.366 e. The van der Waals surface area contributed by atoms with Gasteiger partial charge in [0.2, 0.25) is 0 Å². The molecular formula is C25H31N3O3S2. The van der Waals surface area contributed by atoms with Crippen molar-refractivity contribution in [2.75, 3.05) is 18.8 Å². The number of fused-ring (bicyclic) bond motifs is 1. The first-order valence-corrected chi connectivity index (χ1v) is 14.1. The number of nitrogens with one attached hydrogen (secondary N) is 1. The molecule has 2 fully saturated rings. The van der Waals surface area contributed by atoms with Crippen molar-refractivity contribution in [2.24, 2.45) is 5.73 Å². The highest BCUT2D eigenvalue weighted by molar-refractivity contribution is 7.92. The van der Waals surface area contributed by atoms with Crippen LogP contribution < -0.4 is 5.73 Å². The van der Waals surface area contributed by atoms with Gasteiger partial charge in [-0.15, -0.1) is 11.3 Å². The molecule has 33 heavy (non-hydrogen) atoms. The first-order chi connectivity index (χ1) is 15.6. The standard InChI is InChI=1S/C25H31N3O3S2/c1-25(2)13-16(7-10-33(25,30)31)21-14-27-23-19(21)11-17(12-20(23)24(26)29)22-6-5-18(32-22)15-28-8-3-4-9-28/h5-6,11-12,14,16,27H,3-4,7-10,13,15H2,1-2H3,(H2,26,29). The first-order valence-electron chi connectivity index (χ1n) is 11.6. The van der Waals surface area contributed by atoms with Gasteiger partial charge < -0.3 is 10.7 Å². The van der Waals surface area contributed by atoms with Gasteiger partial charge in [0, 0.05) is 27.9 Å². The van der Waals surface area contributed by atoms with Crippen LogP contribution in [0.1, 0.15) is 66.2 Å². The lowest BCUT2D eigenvalue weighted by Crippen LogP contribution is -2.40. The fourth-order valence-corrected chi connectivity index (χ4v) is 8.01. The normalized spacial score (nSPS) is 22.7. The number of benzene rings is 1. The number of hydrogen-bond acceptors (Lipinski definition) is 5. The van der Waals surface area contributed by atoms with Crippen LogP contribution >= 0.6 is 11.3 Å². The molecule has 176 valence electrons. The van der Waals surface area contributed by atoms with E-state index in [1.807, 2.05) is 26.1 Å². The maximum absolute atomic E-state index is 12.5. The molecule has 2 aliphatic heterocycles. The topological polar surface area (TPSA) is 96.3 Å². The number of primary amides is 1. The number of amides is 1. The summed E-state index contributed by atoms with van der Waals surface area (Å²) in [4.78, 5) is 20.5. The van der Waals surface area contributed by atoms with Gasteiger partial charge in [0.1, 0.15) is 0 Å². The molecule has 0 bridgehead atoms. The number of carbonyl (C=O) groups excluding carboxylic acids is 1. The van der Waals surface area contributed by atoms with Crippen molar-refractivity contribution < 1.29 is 13.2 Å². The minimum absolute atomic E-state index is 0.113. The lowest BCUT2D eigenvalue weighted by Gasteiger charge is -2.34. The summed E-state index contributed by atoms with van der Waals surface area (Å²) < 4.78 is 24.3. The summed E-state index contributed by atoms with van der Waals surface area (Å²) in [6.07, 6.45) is 5.64. The molecule has 4 heterocycles. The van der Waals surface area contributed by atoms with Gasteiger partial charge in [-0.1, -0.05) is 0 Å². The lowest BCUT2D eigenvalue weighted by atomic mass is 9.86. The maximum atomic E-state index is 12.5. The lowest BCUT2D eigenvalue weighted by molar-refractivity contribution is 0.100. The molecular weight excluding hydrogens is 454 g/mol. The van der Waals surface area contributed by atoms with Gasteiger partial charge in [-0.3, -0.25) is 9.69 Å². The second kappa shape index (κ2) is 8.25. The van der Waals surface area contributed by atoms with E-state index in [2.05, 4.69) is 28.1 Å². The summed E-state index contributed by atoms with van der Waals surface area (Å²) in [6, 6.07) is 8.32. The van der Waals surface area contributed by atoms with Gasteiger partial charge >= 0.3 is 0 Å². The number of nitrogens with two attached hydrogens (primary N) is 1. The molecule has 1 unspecified atom stereocenters. The summed E-state index contributed by atoms with van der Waals surface area (Å²) in [5, 5.41) is 0.968. The van der Waals surface area contributed by atoms with Crippen molar-refractivity contribution in [1.29, 1.82) is 0 Å². The molecule has 2 aromatic heterocycles. The van der Waals surface area contributed by atoms with Crippen LogP contribution in [0.15, 0.2) is 30.5 Å². The molecule has 1 aromatic carbocycles. The highest BCUT2D eigenvalue weighted by atomic mass is 32.2. The molecule has 0 saturated carbocycles. The highest BCUT2D eigenvalue weighted by Crippen LogP contribution is 2.43. The Balaban J connectivity index is 1.53. The third-order valence-corrected chi connectivity index (χ3v) is 11.1. The van der Waals surface area contributed by atoms with E-state index in [9.17, 15) is 13.2 Å². The fraction of sp³-hybridized carbons (Fsp3) is 0.480. The fourth-order valence-electron chi connectivity index (χ4n) is 5.37. The van der Waals surface area contributed by atoms with Crippen LogP contribution in [0.2, 0.25) is 0 Å². The van der Waals surface area contributed by atoms with Crippen LogP contribution in [0, 0.1) is 0 Å². The Morgan fingerprint density at radius 3 is 2.70 bits per heavy atom. The summed E-state index contributed by atoms with van der Waals surface area (Å²) in [7, 11) is -3.10. The average Bonchev–Trinajstić information content (AvgIpc) is 3.50. The molecule has 2 saturated heterocycles. The predicted octanol–water partition coefficient (Wildman–Crippen LogP) is 4.66. The minimum atomic E-state index is -3.10. The van der Waals surface area contributed by atoms with E-state index >= 15 is 0 Å². The van der Waals surface area contributed by atoms with Gasteiger partial charge in [-0.25, -0.2) is 8.42 Å². The van der Waals surface area contributed by atoms with E-state index in [1.54, 1.807) is 11.3 Å². The Morgan fingerprint density at radius 1 is 1.24 bits per heavy atom. The molecule has 0 spiro atoms. The van der Waals surface area contributed by atoms with E-state index in [1.165, 1.54) is 17.7 Å². The third kappa shape index (κ3) is 4.13. The summed E-state index contributed by atoms with van der Waals surface area (Å²) in [6.45, 7) is 6.92. The monoisotopic (exact) mass is 485 g/mol. The molecule has 1 atom stereocenters. The second-order valence-electron chi connectivity index (χ2n) is 10.1. The van der Waals surface area contributed by atoms with Crippen molar-refractivity contribution in [2.45, 2.75) is 56.7 Å². The summed E-state index contributed by atoms with van der Waals surface area (Å²) >= 11 is 1.76. The largest absolute Gasteiger partial charge is 0.366 e. The number of nitrogens with zero attached hydrogens (tertiary/aromatic N) is 1. The van der Waals surface area contributed by atoms with E-state index in [0.717, 1.165) is 46.5 Å². The van der Waals surface area contributed by atoms with Gasteiger partial charge in [-0.05, 0) is 93.9 Å². The van der Waals surface area contributed by atoms with Crippen LogP contribution in [-0.2, 0) is 16.4 Å². The Kier molecular flexibility index (Phi) is 5.66. The average molecular weight is 486 g/mol. The second-order valence-corrected chi connectivity index (χ2v) is 14.0. The zero-order chi connectivity index (χ0) is 23.4. The van der Waals surface area contributed by atoms with E-state index in [-0.39, 0.29) is 11.7 Å².